The van der Waals surface area contributed by atoms with E-state index in [1.807, 2.05) is 79.7 Å². The molecule has 0 radical (unpaired) electrons. The third kappa shape index (κ3) is 5.93. The summed E-state index contributed by atoms with van der Waals surface area (Å²) in [5.41, 5.74) is 3.54. The van der Waals surface area contributed by atoms with Crippen LogP contribution in [-0.2, 0) is 9.59 Å². The highest BCUT2D eigenvalue weighted by Gasteiger charge is 2.16. The second-order valence-electron chi connectivity index (χ2n) is 8.02. The van der Waals surface area contributed by atoms with Crippen LogP contribution in [-0.4, -0.2) is 51.6 Å². The topological polar surface area (TPSA) is 92.2 Å². The third-order valence-corrected chi connectivity index (χ3v) is 5.05. The smallest absolute Gasteiger partial charge is 0.239 e. The molecule has 0 atom stereocenters. The highest BCUT2D eigenvalue weighted by Crippen LogP contribution is 2.24. The first-order chi connectivity index (χ1) is 16.5. The van der Waals surface area contributed by atoms with Crippen molar-refractivity contribution < 1.29 is 9.59 Å². The van der Waals surface area contributed by atoms with Gasteiger partial charge in [-0.2, -0.15) is 5.10 Å². The lowest BCUT2D eigenvalue weighted by Gasteiger charge is -2.16. The molecule has 172 valence electrons. The van der Waals surface area contributed by atoms with Gasteiger partial charge in [0.2, 0.25) is 11.8 Å². The zero-order valence-electron chi connectivity index (χ0n) is 19.1. The zero-order valence-corrected chi connectivity index (χ0v) is 19.1. The van der Waals surface area contributed by atoms with Crippen molar-refractivity contribution in [3.63, 3.8) is 0 Å². The largest absolute Gasteiger partial charge is 0.310 e. The van der Waals surface area contributed by atoms with Crippen molar-refractivity contribution in [2.24, 2.45) is 0 Å². The molecule has 0 unspecified atom stereocenters. The van der Waals surface area contributed by atoms with Crippen LogP contribution in [0.25, 0.3) is 16.9 Å². The highest BCUT2D eigenvalue weighted by molar-refractivity contribution is 5.94. The zero-order chi connectivity index (χ0) is 23.9. The number of carbonyl (C=O) groups is 2. The molecule has 8 nitrogen and oxygen atoms in total. The SMILES string of the molecule is Cc1ccc(NC(=O)CN(C)CC(=O)Nc2cc(-c3ccccc3)nn2-c2ccccc2)nc1. The van der Waals surface area contributed by atoms with E-state index in [2.05, 4.69) is 15.6 Å². The van der Waals surface area contributed by atoms with Crippen molar-refractivity contribution in [2.75, 3.05) is 30.8 Å². The van der Waals surface area contributed by atoms with E-state index in [-0.39, 0.29) is 24.9 Å². The highest BCUT2D eigenvalue weighted by atomic mass is 16.2. The van der Waals surface area contributed by atoms with Gasteiger partial charge in [0.25, 0.3) is 0 Å². The number of nitrogens with zero attached hydrogens (tertiary/aromatic N) is 4. The number of rotatable bonds is 8. The van der Waals surface area contributed by atoms with Gasteiger partial charge in [-0.15, -0.1) is 0 Å². The Morgan fingerprint density at radius 1 is 0.882 bits per heavy atom. The monoisotopic (exact) mass is 454 g/mol. The molecule has 0 fully saturated rings. The lowest BCUT2D eigenvalue weighted by Crippen LogP contribution is -2.36. The summed E-state index contributed by atoms with van der Waals surface area (Å²) in [5.74, 6) is 0.540. The molecule has 0 aliphatic rings. The number of likely N-dealkylation sites (N-methyl/N-ethyl adjacent to an activating group) is 1. The van der Waals surface area contributed by atoms with Crippen LogP contribution < -0.4 is 10.6 Å². The van der Waals surface area contributed by atoms with Gasteiger partial charge in [0, 0.05) is 17.8 Å². The van der Waals surface area contributed by atoms with Gasteiger partial charge in [0.15, 0.2) is 0 Å². The molecule has 0 aliphatic carbocycles. The molecule has 2 aromatic carbocycles. The van der Waals surface area contributed by atoms with E-state index in [1.165, 1.54) is 0 Å². The second-order valence-corrected chi connectivity index (χ2v) is 8.02. The number of para-hydroxylation sites is 1. The molecule has 2 heterocycles. The molecule has 2 amide bonds. The molecule has 0 spiro atoms. The number of amides is 2. The molecule has 4 aromatic rings. The number of carbonyl (C=O) groups excluding carboxylic acids is 2. The number of pyridine rings is 1. The maximum Gasteiger partial charge on any atom is 0.239 e. The van der Waals surface area contributed by atoms with Crippen LogP contribution in [0.3, 0.4) is 0 Å². The van der Waals surface area contributed by atoms with Gasteiger partial charge < -0.3 is 10.6 Å². The van der Waals surface area contributed by atoms with E-state index in [0.717, 1.165) is 22.5 Å². The van der Waals surface area contributed by atoms with Crippen molar-refractivity contribution in [1.29, 1.82) is 0 Å². The number of hydrogen-bond acceptors (Lipinski definition) is 5. The molecule has 2 aromatic heterocycles. The van der Waals surface area contributed by atoms with Crippen molar-refractivity contribution >= 4 is 23.5 Å². The number of aromatic nitrogens is 3. The average molecular weight is 455 g/mol. The summed E-state index contributed by atoms with van der Waals surface area (Å²) in [6, 6.07) is 24.8. The lowest BCUT2D eigenvalue weighted by molar-refractivity contribution is -0.119. The average Bonchev–Trinajstić information content (AvgIpc) is 3.25. The Labute approximate surface area is 198 Å². The molecule has 0 saturated heterocycles. The van der Waals surface area contributed by atoms with Crippen molar-refractivity contribution in [2.45, 2.75) is 6.92 Å². The Balaban J connectivity index is 1.43. The first-order valence-electron chi connectivity index (χ1n) is 10.9. The van der Waals surface area contributed by atoms with Gasteiger partial charge in [-0.05, 0) is 37.7 Å². The fourth-order valence-electron chi connectivity index (χ4n) is 3.44. The quantitative estimate of drug-likeness (QED) is 0.423. The van der Waals surface area contributed by atoms with Gasteiger partial charge in [-0.3, -0.25) is 14.5 Å². The minimum atomic E-state index is -0.250. The van der Waals surface area contributed by atoms with Crippen molar-refractivity contribution in [3.8, 4) is 16.9 Å². The van der Waals surface area contributed by atoms with E-state index >= 15 is 0 Å². The Bertz CT molecular complexity index is 1250. The first kappa shape index (κ1) is 22.9. The van der Waals surface area contributed by atoms with Gasteiger partial charge in [0.05, 0.1) is 24.5 Å². The van der Waals surface area contributed by atoms with E-state index < -0.39 is 0 Å². The van der Waals surface area contributed by atoms with E-state index in [4.69, 9.17) is 5.10 Å². The van der Waals surface area contributed by atoms with Crippen LogP contribution in [0.1, 0.15) is 5.56 Å². The summed E-state index contributed by atoms with van der Waals surface area (Å²) in [4.78, 5) is 30.9. The molecule has 0 aliphatic heterocycles. The van der Waals surface area contributed by atoms with Crippen LogP contribution >= 0.6 is 0 Å². The van der Waals surface area contributed by atoms with E-state index in [1.54, 1.807) is 28.9 Å². The maximum atomic E-state index is 12.8. The summed E-state index contributed by atoms with van der Waals surface area (Å²) < 4.78 is 1.70. The third-order valence-electron chi connectivity index (χ3n) is 5.05. The lowest BCUT2D eigenvalue weighted by atomic mass is 10.2. The number of aryl methyl sites for hydroxylation is 1. The second kappa shape index (κ2) is 10.5. The Morgan fingerprint density at radius 2 is 1.53 bits per heavy atom. The molecular weight excluding hydrogens is 428 g/mol. The summed E-state index contributed by atoms with van der Waals surface area (Å²) >= 11 is 0. The molecule has 4 rings (SSSR count). The van der Waals surface area contributed by atoms with Gasteiger partial charge in [0.1, 0.15) is 11.6 Å². The fourth-order valence-corrected chi connectivity index (χ4v) is 3.44. The summed E-state index contributed by atoms with van der Waals surface area (Å²) in [5, 5.41) is 10.4. The number of nitrogens with one attached hydrogen (secondary N) is 2. The number of benzene rings is 2. The normalized spacial score (nSPS) is 10.8. The van der Waals surface area contributed by atoms with Crippen LogP contribution in [0.5, 0.6) is 0 Å². The maximum absolute atomic E-state index is 12.8. The summed E-state index contributed by atoms with van der Waals surface area (Å²) in [6.45, 7) is 2.02. The van der Waals surface area contributed by atoms with Gasteiger partial charge in [-0.1, -0.05) is 54.6 Å². The molecule has 34 heavy (non-hydrogen) atoms. The minimum absolute atomic E-state index is 0.0371. The Hall–Kier alpha value is -4.30. The predicted octanol–water partition coefficient (Wildman–Crippen LogP) is 3.75. The van der Waals surface area contributed by atoms with E-state index in [9.17, 15) is 9.59 Å². The van der Waals surface area contributed by atoms with Crippen molar-refractivity contribution in [3.05, 3.63) is 90.6 Å². The Morgan fingerprint density at radius 3 is 2.18 bits per heavy atom. The Kier molecular flexibility index (Phi) is 7.10. The fraction of sp³-hybridized carbons (Fsp3) is 0.154. The molecular formula is C26H26N6O2. The molecule has 8 heteroatoms. The first-order valence-corrected chi connectivity index (χ1v) is 10.9. The summed E-state index contributed by atoms with van der Waals surface area (Å²) in [7, 11) is 1.71. The predicted molar refractivity (Wildman–Crippen MR) is 133 cm³/mol. The summed E-state index contributed by atoms with van der Waals surface area (Å²) in [6.07, 6.45) is 1.69. The standard InChI is InChI=1S/C26H26N6O2/c1-19-13-14-23(27-16-19)28-25(33)17-31(2)18-26(34)29-24-15-22(20-9-5-3-6-10-20)30-32(24)21-11-7-4-8-12-21/h3-16H,17-18H2,1-2H3,(H,29,34)(H,27,28,33). The van der Waals surface area contributed by atoms with Crippen LogP contribution in [0.2, 0.25) is 0 Å². The molecule has 2 N–H and O–H groups in total. The number of anilines is 2. The van der Waals surface area contributed by atoms with Crippen LogP contribution in [0.15, 0.2) is 85.1 Å². The molecule has 0 bridgehead atoms. The van der Waals surface area contributed by atoms with Gasteiger partial charge >= 0.3 is 0 Å². The van der Waals surface area contributed by atoms with Crippen molar-refractivity contribution in [1.82, 2.24) is 19.7 Å². The van der Waals surface area contributed by atoms with Crippen LogP contribution in [0, 0.1) is 6.92 Å². The van der Waals surface area contributed by atoms with Gasteiger partial charge in [-0.25, -0.2) is 9.67 Å². The van der Waals surface area contributed by atoms with E-state index in [0.29, 0.717) is 11.6 Å². The molecule has 0 saturated carbocycles. The van der Waals surface area contributed by atoms with Crippen LogP contribution in [0.4, 0.5) is 11.6 Å². The number of hydrogen-bond donors (Lipinski definition) is 2. The minimum Gasteiger partial charge on any atom is -0.310 e.